The van der Waals surface area contributed by atoms with Gasteiger partial charge in [-0.1, -0.05) is 60.7 Å². The highest BCUT2D eigenvalue weighted by Gasteiger charge is 2.22. The third-order valence-corrected chi connectivity index (χ3v) is 5.46. The molecule has 2 atom stereocenters. The average Bonchev–Trinajstić information content (AvgIpc) is 2.64. The largest absolute Gasteiger partial charge is 0.357 e. The first-order chi connectivity index (χ1) is 13.6. The van der Waals surface area contributed by atoms with Gasteiger partial charge in [-0.3, -0.25) is 0 Å². The Morgan fingerprint density at radius 2 is 0.966 bits per heavy atom. The van der Waals surface area contributed by atoms with E-state index < -0.39 is 0 Å². The number of rotatable bonds is 8. The van der Waals surface area contributed by atoms with Crippen LogP contribution in [0.25, 0.3) is 11.1 Å². The average molecular weight is 387 g/mol. The molecule has 0 amide bonds. The van der Waals surface area contributed by atoms with Gasteiger partial charge in [0.25, 0.3) is 0 Å². The molecule has 0 aromatic heterocycles. The first-order valence-electron chi connectivity index (χ1n) is 10.0. The molecule has 0 aliphatic heterocycles. The highest BCUT2D eigenvalue weighted by molar-refractivity contribution is 5.65. The van der Waals surface area contributed by atoms with Gasteiger partial charge in [0.1, 0.15) is 12.2 Å². The summed E-state index contributed by atoms with van der Waals surface area (Å²) in [4.78, 5) is 0. The van der Waals surface area contributed by atoms with Crippen molar-refractivity contribution in [2.45, 2.75) is 53.8 Å². The summed E-state index contributed by atoms with van der Waals surface area (Å²) in [5.74, 6) is 0. The number of benzene rings is 2. The van der Waals surface area contributed by atoms with Crippen molar-refractivity contribution in [3.63, 3.8) is 0 Å². The molecule has 0 aliphatic carbocycles. The number of hydrogen-bond acceptors (Lipinski definition) is 1. The fraction of sp³-hybridized carbons (Fsp3) is 0.286. The molecule has 1 nitrogen and oxygen atoms in total. The third-order valence-electron chi connectivity index (χ3n) is 5.46. The standard InChI is InChI=1S/C28H34O/c1-11-25(27-19(7)13-23(17(3)4)14-20(27)8)29-26(12-2)28-21(9)15-24(18(5)6)16-22(28)10/h11-16,25-26H,1-3,5H2,4,6-10H3. The van der Waals surface area contributed by atoms with Crippen LogP contribution in [-0.4, -0.2) is 0 Å². The molecule has 0 fully saturated rings. The van der Waals surface area contributed by atoms with Gasteiger partial charge in [0.2, 0.25) is 0 Å². The first kappa shape index (κ1) is 22.6. The van der Waals surface area contributed by atoms with Crippen LogP contribution in [0.5, 0.6) is 0 Å². The normalized spacial score (nSPS) is 12.9. The van der Waals surface area contributed by atoms with Crippen LogP contribution in [0.4, 0.5) is 0 Å². The third kappa shape index (κ3) is 4.86. The highest BCUT2D eigenvalue weighted by atomic mass is 16.5. The summed E-state index contributed by atoms with van der Waals surface area (Å²) in [6.45, 7) is 28.8. The van der Waals surface area contributed by atoms with Gasteiger partial charge in [-0.25, -0.2) is 0 Å². The summed E-state index contributed by atoms with van der Waals surface area (Å²) in [5, 5.41) is 0. The van der Waals surface area contributed by atoms with Gasteiger partial charge in [-0.2, -0.15) is 0 Å². The molecule has 2 aromatic rings. The van der Waals surface area contributed by atoms with E-state index in [-0.39, 0.29) is 12.2 Å². The summed E-state index contributed by atoms with van der Waals surface area (Å²) < 4.78 is 6.56. The van der Waals surface area contributed by atoms with Gasteiger partial charge in [0.05, 0.1) is 0 Å². The summed E-state index contributed by atoms with van der Waals surface area (Å²) in [7, 11) is 0. The van der Waals surface area contributed by atoms with E-state index in [4.69, 9.17) is 4.74 Å². The molecule has 0 heterocycles. The molecule has 29 heavy (non-hydrogen) atoms. The molecule has 2 rings (SSSR count). The number of allylic oxidation sites excluding steroid dienone is 2. The van der Waals surface area contributed by atoms with Crippen molar-refractivity contribution in [2.75, 3.05) is 0 Å². The van der Waals surface area contributed by atoms with E-state index in [1.54, 1.807) is 0 Å². The molecule has 152 valence electrons. The van der Waals surface area contributed by atoms with Gasteiger partial charge in [-0.15, -0.1) is 13.2 Å². The summed E-state index contributed by atoms with van der Waals surface area (Å²) >= 11 is 0. The van der Waals surface area contributed by atoms with Crippen molar-refractivity contribution in [2.24, 2.45) is 0 Å². The van der Waals surface area contributed by atoms with Crippen LogP contribution < -0.4 is 0 Å². The quantitative estimate of drug-likeness (QED) is 0.416. The first-order valence-corrected chi connectivity index (χ1v) is 10.0. The Hall–Kier alpha value is -2.64. The Morgan fingerprint density at radius 1 is 0.690 bits per heavy atom. The smallest absolute Gasteiger partial charge is 0.102 e. The molecule has 2 unspecified atom stereocenters. The summed E-state index contributed by atoms with van der Waals surface area (Å²) in [5.41, 5.74) is 11.5. The maximum absolute atomic E-state index is 6.56. The molecule has 0 radical (unpaired) electrons. The SMILES string of the molecule is C=CC(OC(C=C)c1c(C)cc(C(=C)C)cc1C)c1c(C)cc(C(=C)C)cc1C. The lowest BCUT2D eigenvalue weighted by Gasteiger charge is -2.27. The Balaban J connectivity index is 2.47. The number of ether oxygens (including phenoxy) is 1. The van der Waals surface area contributed by atoms with Gasteiger partial charge >= 0.3 is 0 Å². The van der Waals surface area contributed by atoms with Crippen LogP contribution in [0.15, 0.2) is 62.7 Å². The predicted molar refractivity (Wildman–Crippen MR) is 128 cm³/mol. The summed E-state index contributed by atoms with van der Waals surface area (Å²) in [6.07, 6.45) is 3.30. The highest BCUT2D eigenvalue weighted by Crippen LogP contribution is 2.36. The second-order valence-corrected chi connectivity index (χ2v) is 8.06. The van der Waals surface area contributed by atoms with Crippen LogP contribution >= 0.6 is 0 Å². The molecule has 0 bridgehead atoms. The van der Waals surface area contributed by atoms with Crippen molar-refractivity contribution in [3.8, 4) is 0 Å². The zero-order valence-electron chi connectivity index (χ0n) is 18.9. The van der Waals surface area contributed by atoms with E-state index >= 15 is 0 Å². The van der Waals surface area contributed by atoms with E-state index in [2.05, 4.69) is 78.3 Å². The second kappa shape index (κ2) is 9.24. The maximum atomic E-state index is 6.56. The van der Waals surface area contributed by atoms with Crippen molar-refractivity contribution in [3.05, 3.63) is 107 Å². The van der Waals surface area contributed by atoms with Gasteiger partial charge < -0.3 is 4.74 Å². The molecular weight excluding hydrogens is 352 g/mol. The lowest BCUT2D eigenvalue weighted by atomic mass is 9.91. The zero-order chi connectivity index (χ0) is 21.9. The molecule has 0 spiro atoms. The molecular formula is C28H34O. The van der Waals surface area contributed by atoms with E-state index in [0.717, 1.165) is 33.4 Å². The Labute approximate surface area is 177 Å². The van der Waals surface area contributed by atoms with Crippen LogP contribution in [0, 0.1) is 27.7 Å². The second-order valence-electron chi connectivity index (χ2n) is 8.06. The lowest BCUT2D eigenvalue weighted by molar-refractivity contribution is 0.0389. The molecule has 0 saturated carbocycles. The van der Waals surface area contributed by atoms with Gasteiger partial charge in [-0.05, 0) is 86.1 Å². The minimum Gasteiger partial charge on any atom is -0.357 e. The number of aryl methyl sites for hydroxylation is 4. The van der Waals surface area contributed by atoms with Crippen LogP contribution in [0.1, 0.15) is 70.6 Å². The molecule has 2 aromatic carbocycles. The van der Waals surface area contributed by atoms with E-state index in [0.29, 0.717) is 0 Å². The molecule has 0 aliphatic rings. The van der Waals surface area contributed by atoms with Crippen molar-refractivity contribution >= 4 is 11.1 Å². The van der Waals surface area contributed by atoms with E-state index in [1.807, 2.05) is 26.0 Å². The monoisotopic (exact) mass is 386 g/mol. The van der Waals surface area contributed by atoms with Crippen LogP contribution in [0.3, 0.4) is 0 Å². The predicted octanol–water partition coefficient (Wildman–Crippen LogP) is 8.16. The van der Waals surface area contributed by atoms with Crippen molar-refractivity contribution < 1.29 is 4.74 Å². The number of hydrogen-bond donors (Lipinski definition) is 0. The van der Waals surface area contributed by atoms with Gasteiger partial charge in [0, 0.05) is 0 Å². The Bertz CT molecular complexity index is 848. The van der Waals surface area contributed by atoms with Crippen molar-refractivity contribution in [1.82, 2.24) is 0 Å². The summed E-state index contributed by atoms with van der Waals surface area (Å²) in [6, 6.07) is 8.69. The van der Waals surface area contributed by atoms with E-state index in [1.165, 1.54) is 22.3 Å². The lowest BCUT2D eigenvalue weighted by Crippen LogP contribution is -2.12. The Morgan fingerprint density at radius 3 is 1.17 bits per heavy atom. The molecule has 0 N–H and O–H groups in total. The minimum atomic E-state index is -0.225. The fourth-order valence-electron chi connectivity index (χ4n) is 3.98. The molecule has 1 heteroatoms. The topological polar surface area (TPSA) is 9.23 Å². The van der Waals surface area contributed by atoms with Crippen molar-refractivity contribution in [1.29, 1.82) is 0 Å². The van der Waals surface area contributed by atoms with Crippen LogP contribution in [0.2, 0.25) is 0 Å². The maximum Gasteiger partial charge on any atom is 0.102 e. The fourth-order valence-corrected chi connectivity index (χ4v) is 3.98. The van der Waals surface area contributed by atoms with Crippen LogP contribution in [-0.2, 0) is 4.74 Å². The van der Waals surface area contributed by atoms with Gasteiger partial charge in [0.15, 0.2) is 0 Å². The van der Waals surface area contributed by atoms with E-state index in [9.17, 15) is 0 Å². The molecule has 0 saturated heterocycles. The Kier molecular flexibility index (Phi) is 7.21. The zero-order valence-corrected chi connectivity index (χ0v) is 18.9. The minimum absolute atomic E-state index is 0.225.